The third-order valence-corrected chi connectivity index (χ3v) is 5.09. The van der Waals surface area contributed by atoms with Gasteiger partial charge in [-0.25, -0.2) is 0 Å². The van der Waals surface area contributed by atoms with E-state index in [0.29, 0.717) is 6.04 Å². The Bertz CT molecular complexity index is 908. The zero-order valence-corrected chi connectivity index (χ0v) is 17.9. The van der Waals surface area contributed by atoms with Gasteiger partial charge in [-0.3, -0.25) is 4.98 Å². The van der Waals surface area contributed by atoms with Gasteiger partial charge in [0, 0.05) is 50.0 Å². The fraction of sp³-hybridized carbons (Fsp3) is 0.375. The number of hydrogen-bond donors (Lipinski definition) is 2. The molecule has 5 nitrogen and oxygen atoms in total. The average molecular weight is 393 g/mol. The predicted molar refractivity (Wildman–Crippen MR) is 123 cm³/mol. The highest BCUT2D eigenvalue weighted by molar-refractivity contribution is 5.91. The zero-order valence-electron chi connectivity index (χ0n) is 17.9. The molecule has 5 heteroatoms. The van der Waals surface area contributed by atoms with Crippen molar-refractivity contribution in [1.82, 2.24) is 10.3 Å². The molecule has 0 aliphatic rings. The van der Waals surface area contributed by atoms with Crippen molar-refractivity contribution in [3.8, 4) is 5.75 Å². The number of fused-ring (bicyclic) bond motifs is 1. The number of nitrogens with one attached hydrogen (secondary N) is 2. The van der Waals surface area contributed by atoms with E-state index in [4.69, 9.17) is 4.74 Å². The molecule has 0 fully saturated rings. The summed E-state index contributed by atoms with van der Waals surface area (Å²) in [6, 6.07) is 17.1. The molecular formula is C24H32N4O. The first kappa shape index (κ1) is 20.9. The number of aromatic nitrogens is 1. The summed E-state index contributed by atoms with van der Waals surface area (Å²) in [6.07, 6.45) is 4.02. The largest absolute Gasteiger partial charge is 0.497 e. The molecule has 0 radical (unpaired) electrons. The van der Waals surface area contributed by atoms with Gasteiger partial charge in [0.1, 0.15) is 5.75 Å². The number of anilines is 2. The van der Waals surface area contributed by atoms with Crippen LogP contribution in [0.15, 0.2) is 54.7 Å². The maximum Gasteiger partial charge on any atom is 0.121 e. The quantitative estimate of drug-likeness (QED) is 0.491. The Morgan fingerprint density at radius 2 is 1.90 bits per heavy atom. The highest BCUT2D eigenvalue weighted by atomic mass is 16.5. The van der Waals surface area contributed by atoms with E-state index >= 15 is 0 Å². The molecular weight excluding hydrogens is 360 g/mol. The SMILES string of the molecule is COc1cc(NC(C)CCCNCc2ccc(N(C)C)cc2)c2ncccc2c1. The van der Waals surface area contributed by atoms with E-state index in [-0.39, 0.29) is 0 Å². The predicted octanol–water partition coefficient (Wildman–Crippen LogP) is 4.68. The second-order valence-electron chi connectivity index (χ2n) is 7.68. The van der Waals surface area contributed by atoms with Crippen LogP contribution in [-0.4, -0.2) is 38.8 Å². The lowest BCUT2D eigenvalue weighted by atomic mass is 10.1. The van der Waals surface area contributed by atoms with Gasteiger partial charge in [-0.15, -0.1) is 0 Å². The van der Waals surface area contributed by atoms with Crippen LogP contribution in [0.5, 0.6) is 5.75 Å². The number of hydrogen-bond acceptors (Lipinski definition) is 5. The van der Waals surface area contributed by atoms with Crippen molar-refractivity contribution in [3.63, 3.8) is 0 Å². The number of benzene rings is 2. The molecule has 1 aromatic heterocycles. The van der Waals surface area contributed by atoms with Crippen LogP contribution in [0.3, 0.4) is 0 Å². The Kier molecular flexibility index (Phi) is 7.30. The van der Waals surface area contributed by atoms with Crippen LogP contribution in [0.2, 0.25) is 0 Å². The van der Waals surface area contributed by atoms with Crippen molar-refractivity contribution in [2.24, 2.45) is 0 Å². The van der Waals surface area contributed by atoms with Crippen LogP contribution < -0.4 is 20.3 Å². The molecule has 3 aromatic rings. The fourth-order valence-electron chi connectivity index (χ4n) is 3.41. The third kappa shape index (κ3) is 5.84. The van der Waals surface area contributed by atoms with E-state index in [2.05, 4.69) is 71.9 Å². The first-order valence-electron chi connectivity index (χ1n) is 10.2. The number of pyridine rings is 1. The Morgan fingerprint density at radius 3 is 2.62 bits per heavy atom. The minimum absolute atomic E-state index is 0.355. The Morgan fingerprint density at radius 1 is 1.10 bits per heavy atom. The Hall–Kier alpha value is -2.79. The van der Waals surface area contributed by atoms with E-state index < -0.39 is 0 Å². The van der Waals surface area contributed by atoms with Crippen LogP contribution in [-0.2, 0) is 6.54 Å². The maximum absolute atomic E-state index is 5.44. The maximum atomic E-state index is 5.44. The minimum atomic E-state index is 0.355. The lowest BCUT2D eigenvalue weighted by Crippen LogP contribution is -2.20. The van der Waals surface area contributed by atoms with Gasteiger partial charge in [0.15, 0.2) is 0 Å². The fourth-order valence-corrected chi connectivity index (χ4v) is 3.41. The Balaban J connectivity index is 1.45. The van der Waals surface area contributed by atoms with Crippen LogP contribution >= 0.6 is 0 Å². The van der Waals surface area contributed by atoms with Crippen molar-refractivity contribution in [3.05, 3.63) is 60.3 Å². The lowest BCUT2D eigenvalue weighted by molar-refractivity contribution is 0.415. The van der Waals surface area contributed by atoms with Crippen molar-refractivity contribution in [2.75, 3.05) is 38.0 Å². The molecule has 0 amide bonds. The molecule has 0 aliphatic carbocycles. The summed E-state index contributed by atoms with van der Waals surface area (Å²) < 4.78 is 5.44. The highest BCUT2D eigenvalue weighted by Gasteiger charge is 2.09. The molecule has 1 atom stereocenters. The second kappa shape index (κ2) is 10.1. The third-order valence-electron chi connectivity index (χ3n) is 5.09. The van der Waals surface area contributed by atoms with Crippen molar-refractivity contribution >= 4 is 22.3 Å². The molecule has 3 rings (SSSR count). The van der Waals surface area contributed by atoms with E-state index in [0.717, 1.165) is 48.3 Å². The number of nitrogens with zero attached hydrogens (tertiary/aromatic N) is 2. The van der Waals surface area contributed by atoms with Gasteiger partial charge >= 0.3 is 0 Å². The molecule has 29 heavy (non-hydrogen) atoms. The minimum Gasteiger partial charge on any atom is -0.497 e. The number of ether oxygens (including phenoxy) is 1. The van der Waals surface area contributed by atoms with Gasteiger partial charge in [-0.1, -0.05) is 18.2 Å². The van der Waals surface area contributed by atoms with Crippen molar-refractivity contribution in [1.29, 1.82) is 0 Å². The zero-order chi connectivity index (χ0) is 20.6. The molecule has 0 aliphatic heterocycles. The van der Waals surface area contributed by atoms with Gasteiger partial charge in [-0.2, -0.15) is 0 Å². The van der Waals surface area contributed by atoms with E-state index in [1.54, 1.807) is 7.11 Å². The van der Waals surface area contributed by atoms with Gasteiger partial charge < -0.3 is 20.3 Å². The lowest BCUT2D eigenvalue weighted by Gasteiger charge is -2.17. The molecule has 0 saturated heterocycles. The standard InChI is InChI=1S/C24H32N4O/c1-18(7-5-13-25-17-19-9-11-21(12-10-19)28(2)3)27-23-16-22(29-4)15-20-8-6-14-26-24(20)23/h6,8-12,14-16,18,25,27H,5,7,13,17H2,1-4H3. The van der Waals surface area contributed by atoms with Gasteiger partial charge in [0.25, 0.3) is 0 Å². The molecule has 2 aromatic carbocycles. The van der Waals surface area contributed by atoms with Crippen LogP contribution in [0.4, 0.5) is 11.4 Å². The van der Waals surface area contributed by atoms with Gasteiger partial charge in [-0.05, 0) is 56.1 Å². The van der Waals surface area contributed by atoms with Crippen LogP contribution in [0.25, 0.3) is 10.9 Å². The monoisotopic (exact) mass is 392 g/mol. The molecule has 1 heterocycles. The summed E-state index contributed by atoms with van der Waals surface area (Å²) in [5.41, 5.74) is 4.56. The molecule has 2 N–H and O–H groups in total. The summed E-state index contributed by atoms with van der Waals surface area (Å²) in [4.78, 5) is 6.65. The summed E-state index contributed by atoms with van der Waals surface area (Å²) in [5.74, 6) is 0.849. The topological polar surface area (TPSA) is 49.4 Å². The molecule has 0 bridgehead atoms. The highest BCUT2D eigenvalue weighted by Crippen LogP contribution is 2.28. The summed E-state index contributed by atoms with van der Waals surface area (Å²) in [7, 11) is 5.82. The van der Waals surface area contributed by atoms with Crippen molar-refractivity contribution in [2.45, 2.75) is 32.4 Å². The van der Waals surface area contributed by atoms with Crippen LogP contribution in [0.1, 0.15) is 25.3 Å². The van der Waals surface area contributed by atoms with E-state index in [9.17, 15) is 0 Å². The van der Waals surface area contributed by atoms with E-state index in [1.807, 2.05) is 24.4 Å². The summed E-state index contributed by atoms with van der Waals surface area (Å²) in [5, 5.41) is 8.24. The number of methoxy groups -OCH3 is 1. The summed E-state index contributed by atoms with van der Waals surface area (Å²) >= 11 is 0. The van der Waals surface area contributed by atoms with Crippen molar-refractivity contribution < 1.29 is 4.74 Å². The summed E-state index contributed by atoms with van der Waals surface area (Å²) in [6.45, 7) is 4.12. The molecule has 1 unspecified atom stereocenters. The Labute approximate surface area is 174 Å². The second-order valence-corrected chi connectivity index (χ2v) is 7.68. The smallest absolute Gasteiger partial charge is 0.121 e. The molecule has 0 saturated carbocycles. The van der Waals surface area contributed by atoms with E-state index in [1.165, 1.54) is 11.3 Å². The molecule has 0 spiro atoms. The number of rotatable bonds is 10. The average Bonchev–Trinajstić information content (AvgIpc) is 2.73. The normalized spacial score (nSPS) is 12.0. The van der Waals surface area contributed by atoms with Gasteiger partial charge in [0.05, 0.1) is 18.3 Å². The van der Waals surface area contributed by atoms with Crippen LogP contribution in [0, 0.1) is 0 Å². The first-order chi connectivity index (χ1) is 14.1. The molecule has 154 valence electrons. The van der Waals surface area contributed by atoms with Gasteiger partial charge in [0.2, 0.25) is 0 Å². The first-order valence-corrected chi connectivity index (χ1v) is 10.2.